The minimum atomic E-state index is -0.183. The Morgan fingerprint density at radius 3 is 2.58 bits per heavy atom. The summed E-state index contributed by atoms with van der Waals surface area (Å²) < 4.78 is 0. The maximum atomic E-state index is 12.6. The Balaban J connectivity index is 1.84. The molecule has 98 valence electrons. The van der Waals surface area contributed by atoms with Gasteiger partial charge in [0, 0.05) is 18.7 Å². The van der Waals surface area contributed by atoms with Gasteiger partial charge in [0.1, 0.15) is 6.29 Å². The fraction of sp³-hybridized carbons (Fsp3) is 0.375. The van der Waals surface area contributed by atoms with Gasteiger partial charge in [-0.15, -0.1) is 0 Å². The van der Waals surface area contributed by atoms with E-state index in [-0.39, 0.29) is 29.6 Å². The van der Waals surface area contributed by atoms with Crippen molar-refractivity contribution in [1.29, 1.82) is 0 Å². The van der Waals surface area contributed by atoms with Crippen molar-refractivity contribution < 1.29 is 9.59 Å². The molecule has 0 heterocycles. The zero-order chi connectivity index (χ0) is 13.4. The van der Waals surface area contributed by atoms with Gasteiger partial charge in [-0.05, 0) is 30.4 Å². The molecule has 0 saturated heterocycles. The van der Waals surface area contributed by atoms with E-state index < -0.39 is 0 Å². The smallest absolute Gasteiger partial charge is 0.231 e. The molecular formula is C16H17NO2. The highest BCUT2D eigenvalue weighted by atomic mass is 16.2. The Bertz CT molecular complexity index is 523. The predicted molar refractivity (Wildman–Crippen MR) is 73.6 cm³/mol. The number of hydrogen-bond acceptors (Lipinski definition) is 2. The molecule has 1 aromatic carbocycles. The number of anilines is 1. The summed E-state index contributed by atoms with van der Waals surface area (Å²) in [5.74, 6) is 0.228. The fourth-order valence-corrected chi connectivity index (χ4v) is 3.40. The van der Waals surface area contributed by atoms with Gasteiger partial charge in [-0.1, -0.05) is 30.4 Å². The average molecular weight is 255 g/mol. The highest BCUT2D eigenvalue weighted by Gasteiger charge is 2.48. The zero-order valence-electron chi connectivity index (χ0n) is 10.9. The highest BCUT2D eigenvalue weighted by Crippen LogP contribution is 2.47. The van der Waals surface area contributed by atoms with Gasteiger partial charge in [0.25, 0.3) is 0 Å². The number of benzene rings is 1. The van der Waals surface area contributed by atoms with Crippen LogP contribution >= 0.6 is 0 Å². The lowest BCUT2D eigenvalue weighted by atomic mass is 9.83. The Kier molecular flexibility index (Phi) is 2.97. The lowest BCUT2D eigenvalue weighted by Gasteiger charge is -2.28. The first-order valence-electron chi connectivity index (χ1n) is 6.68. The number of aldehydes is 1. The summed E-state index contributed by atoms with van der Waals surface area (Å²) in [7, 11) is 1.79. The van der Waals surface area contributed by atoms with Crippen LogP contribution < -0.4 is 4.90 Å². The van der Waals surface area contributed by atoms with Crippen molar-refractivity contribution in [2.24, 2.45) is 23.7 Å². The molecule has 1 saturated carbocycles. The molecule has 3 nitrogen and oxygen atoms in total. The number of hydrogen-bond donors (Lipinski definition) is 0. The molecule has 0 N–H and O–H groups in total. The molecule has 2 aliphatic carbocycles. The van der Waals surface area contributed by atoms with Gasteiger partial charge >= 0.3 is 0 Å². The summed E-state index contributed by atoms with van der Waals surface area (Å²) >= 11 is 0. The van der Waals surface area contributed by atoms with Crippen LogP contribution in [-0.2, 0) is 9.59 Å². The molecule has 0 aromatic heterocycles. The third kappa shape index (κ3) is 1.89. The minimum Gasteiger partial charge on any atom is -0.315 e. The molecule has 2 bridgehead atoms. The number of fused-ring (bicyclic) bond motifs is 2. The number of carbonyl (C=O) groups excluding carboxylic acids is 2. The van der Waals surface area contributed by atoms with Crippen LogP contribution in [0.5, 0.6) is 0 Å². The maximum Gasteiger partial charge on any atom is 0.231 e. The second-order valence-electron chi connectivity index (χ2n) is 5.42. The molecule has 1 amide bonds. The van der Waals surface area contributed by atoms with Crippen LogP contribution in [-0.4, -0.2) is 19.2 Å². The van der Waals surface area contributed by atoms with Crippen molar-refractivity contribution in [2.45, 2.75) is 6.42 Å². The van der Waals surface area contributed by atoms with Crippen molar-refractivity contribution in [3.8, 4) is 0 Å². The van der Waals surface area contributed by atoms with E-state index in [0.717, 1.165) is 18.4 Å². The highest BCUT2D eigenvalue weighted by molar-refractivity contribution is 5.96. The van der Waals surface area contributed by atoms with Gasteiger partial charge in [0.05, 0.1) is 5.92 Å². The van der Waals surface area contributed by atoms with Gasteiger partial charge < -0.3 is 9.69 Å². The number of nitrogens with zero attached hydrogens (tertiary/aromatic N) is 1. The number of rotatable bonds is 3. The summed E-state index contributed by atoms with van der Waals surface area (Å²) in [5, 5.41) is 0. The zero-order valence-corrected chi connectivity index (χ0v) is 10.9. The molecule has 1 fully saturated rings. The van der Waals surface area contributed by atoms with Gasteiger partial charge in [-0.25, -0.2) is 0 Å². The van der Waals surface area contributed by atoms with Crippen molar-refractivity contribution >= 4 is 17.9 Å². The summed E-state index contributed by atoms with van der Waals surface area (Å²) in [6, 6.07) is 9.58. The first kappa shape index (κ1) is 12.2. The first-order chi connectivity index (χ1) is 9.22. The quantitative estimate of drug-likeness (QED) is 0.614. The van der Waals surface area contributed by atoms with Crippen LogP contribution in [0.1, 0.15) is 6.42 Å². The Hall–Kier alpha value is -1.90. The molecule has 0 unspecified atom stereocenters. The molecule has 1 aromatic rings. The topological polar surface area (TPSA) is 37.4 Å². The third-order valence-electron chi connectivity index (χ3n) is 4.44. The molecular weight excluding hydrogens is 238 g/mol. The second-order valence-corrected chi connectivity index (χ2v) is 5.42. The Labute approximate surface area is 112 Å². The predicted octanol–water partition coefficient (Wildman–Crippen LogP) is 2.29. The van der Waals surface area contributed by atoms with E-state index in [1.807, 2.05) is 30.3 Å². The van der Waals surface area contributed by atoms with E-state index in [1.165, 1.54) is 0 Å². The van der Waals surface area contributed by atoms with E-state index in [4.69, 9.17) is 0 Å². The summed E-state index contributed by atoms with van der Waals surface area (Å²) in [6.45, 7) is 0. The lowest BCUT2D eigenvalue weighted by molar-refractivity contribution is -0.127. The van der Waals surface area contributed by atoms with Crippen LogP contribution in [0.2, 0.25) is 0 Å². The summed E-state index contributed by atoms with van der Waals surface area (Å²) in [5.41, 5.74) is 0.879. The largest absolute Gasteiger partial charge is 0.315 e. The SMILES string of the molecule is CN(C(=O)[C@H]1[C@@H](C=O)[C@H]2C=C[C@@H]1C2)c1ccccc1. The van der Waals surface area contributed by atoms with E-state index >= 15 is 0 Å². The molecule has 2 aliphatic rings. The van der Waals surface area contributed by atoms with Crippen molar-refractivity contribution in [1.82, 2.24) is 0 Å². The summed E-state index contributed by atoms with van der Waals surface area (Å²) in [6.07, 6.45) is 6.11. The van der Waals surface area contributed by atoms with Crippen LogP contribution in [0.4, 0.5) is 5.69 Å². The standard InChI is InChI=1S/C16H17NO2/c1-17(13-5-3-2-4-6-13)16(19)15-12-8-7-11(9-12)14(15)10-18/h2-8,10-12,14-15H,9H2,1H3/t11-,12+,14-,15+/m0/s1. The number of carbonyl (C=O) groups is 2. The average Bonchev–Trinajstić information content (AvgIpc) is 3.06. The van der Waals surface area contributed by atoms with Crippen LogP contribution in [0.15, 0.2) is 42.5 Å². The van der Waals surface area contributed by atoms with Crippen molar-refractivity contribution in [3.63, 3.8) is 0 Å². The molecule has 3 rings (SSSR count). The van der Waals surface area contributed by atoms with E-state index in [1.54, 1.807) is 11.9 Å². The van der Waals surface area contributed by atoms with Crippen molar-refractivity contribution in [2.75, 3.05) is 11.9 Å². The van der Waals surface area contributed by atoms with Crippen LogP contribution in [0, 0.1) is 23.7 Å². The molecule has 0 aliphatic heterocycles. The number of para-hydroxylation sites is 1. The monoisotopic (exact) mass is 255 g/mol. The normalized spacial score (nSPS) is 31.4. The second kappa shape index (κ2) is 4.65. The molecule has 0 spiro atoms. The molecule has 4 atom stereocenters. The van der Waals surface area contributed by atoms with E-state index in [0.29, 0.717) is 0 Å². The van der Waals surface area contributed by atoms with Gasteiger partial charge in [-0.3, -0.25) is 4.79 Å². The first-order valence-corrected chi connectivity index (χ1v) is 6.68. The van der Waals surface area contributed by atoms with Gasteiger partial charge in [0.15, 0.2) is 0 Å². The fourth-order valence-electron chi connectivity index (χ4n) is 3.40. The minimum absolute atomic E-state index is 0.0557. The Morgan fingerprint density at radius 2 is 1.89 bits per heavy atom. The molecule has 19 heavy (non-hydrogen) atoms. The van der Waals surface area contributed by atoms with E-state index in [2.05, 4.69) is 12.2 Å². The molecule has 0 radical (unpaired) electrons. The van der Waals surface area contributed by atoms with Crippen LogP contribution in [0.3, 0.4) is 0 Å². The van der Waals surface area contributed by atoms with Crippen LogP contribution in [0.25, 0.3) is 0 Å². The van der Waals surface area contributed by atoms with Gasteiger partial charge in [-0.2, -0.15) is 0 Å². The van der Waals surface area contributed by atoms with E-state index in [9.17, 15) is 9.59 Å². The molecule has 3 heteroatoms. The summed E-state index contributed by atoms with van der Waals surface area (Å²) in [4.78, 5) is 25.6. The van der Waals surface area contributed by atoms with Gasteiger partial charge in [0.2, 0.25) is 5.91 Å². The maximum absolute atomic E-state index is 12.6. The van der Waals surface area contributed by atoms with Crippen molar-refractivity contribution in [3.05, 3.63) is 42.5 Å². The third-order valence-corrected chi connectivity index (χ3v) is 4.44. The Morgan fingerprint density at radius 1 is 1.21 bits per heavy atom. The number of amides is 1. The lowest BCUT2D eigenvalue weighted by Crippen LogP contribution is -2.39. The number of allylic oxidation sites excluding steroid dienone is 2.